The molecule has 1 nitrogen and oxygen atoms in total. The molecule has 25 heavy (non-hydrogen) atoms. The van der Waals surface area contributed by atoms with Crippen LogP contribution in [0, 0.1) is 12.7 Å². The van der Waals surface area contributed by atoms with Crippen LogP contribution in [0.4, 0.5) is 4.39 Å². The first-order valence-corrected chi connectivity index (χ1v) is 8.97. The molecule has 0 saturated carbocycles. The molecular weight excluding hydrogens is 309 g/mol. The van der Waals surface area contributed by atoms with Crippen LogP contribution in [-0.4, -0.2) is 0 Å². The molecule has 0 atom stereocenters. The Kier molecular flexibility index (Phi) is 3.54. The van der Waals surface area contributed by atoms with E-state index in [0.717, 1.165) is 29.3 Å². The van der Waals surface area contributed by atoms with Gasteiger partial charge in [-0.2, -0.15) is 4.57 Å². The molecule has 0 unspecified atom stereocenters. The zero-order valence-corrected chi connectivity index (χ0v) is 15.1. The van der Waals surface area contributed by atoms with Crippen LogP contribution in [0.25, 0.3) is 27.7 Å². The van der Waals surface area contributed by atoms with E-state index in [-0.39, 0.29) is 11.4 Å². The number of rotatable bonds is 2. The number of allylic oxidation sites excluding steroid dienone is 1. The summed E-state index contributed by atoms with van der Waals surface area (Å²) >= 11 is 0. The van der Waals surface area contributed by atoms with Gasteiger partial charge in [-0.15, -0.1) is 0 Å². The number of nitrogens with zero attached hydrogens (tertiary/aromatic N) is 1. The molecule has 1 aromatic heterocycles. The van der Waals surface area contributed by atoms with Gasteiger partial charge in [0.2, 0.25) is 11.2 Å². The average molecular weight is 332 g/mol. The van der Waals surface area contributed by atoms with Crippen LogP contribution in [0.15, 0.2) is 55.1 Å². The van der Waals surface area contributed by atoms with Gasteiger partial charge in [-0.05, 0) is 36.8 Å². The predicted molar refractivity (Wildman–Crippen MR) is 102 cm³/mol. The maximum Gasteiger partial charge on any atom is 0.214 e. The number of fused-ring (bicyclic) bond motifs is 5. The lowest BCUT2D eigenvalue weighted by atomic mass is 9.75. The summed E-state index contributed by atoms with van der Waals surface area (Å²) in [6.07, 6.45) is 1.90. The fourth-order valence-electron chi connectivity index (χ4n) is 4.42. The molecule has 4 rings (SSSR count). The lowest BCUT2D eigenvalue weighted by Gasteiger charge is -2.35. The van der Waals surface area contributed by atoms with Crippen molar-refractivity contribution in [3.05, 3.63) is 72.1 Å². The van der Waals surface area contributed by atoms with E-state index in [2.05, 4.69) is 56.2 Å². The normalized spacial score (nSPS) is 15.1. The fraction of sp³-hybridized carbons (Fsp3) is 0.261. The fourth-order valence-corrected chi connectivity index (χ4v) is 4.42. The average Bonchev–Trinajstić information content (AvgIpc) is 2.62. The number of benzene rings is 2. The third-order valence-corrected chi connectivity index (χ3v) is 5.83. The van der Waals surface area contributed by atoms with Gasteiger partial charge in [-0.1, -0.05) is 38.1 Å². The molecule has 126 valence electrons. The maximum atomic E-state index is 13.8. The van der Waals surface area contributed by atoms with Crippen LogP contribution in [0.2, 0.25) is 0 Å². The summed E-state index contributed by atoms with van der Waals surface area (Å²) < 4.78 is 16.2. The van der Waals surface area contributed by atoms with Gasteiger partial charge in [0, 0.05) is 35.9 Å². The number of hydrogen-bond donors (Lipinski definition) is 0. The zero-order valence-electron chi connectivity index (χ0n) is 15.1. The first kappa shape index (κ1) is 16.0. The van der Waals surface area contributed by atoms with Gasteiger partial charge in [-0.25, -0.2) is 4.39 Å². The van der Waals surface area contributed by atoms with Crippen LogP contribution in [-0.2, 0) is 5.54 Å². The smallest absolute Gasteiger partial charge is 0.207 e. The van der Waals surface area contributed by atoms with E-state index in [1.165, 1.54) is 22.4 Å². The van der Waals surface area contributed by atoms with E-state index < -0.39 is 0 Å². The molecule has 1 aliphatic rings. The molecule has 1 aliphatic heterocycles. The van der Waals surface area contributed by atoms with Crippen LogP contribution >= 0.6 is 0 Å². The van der Waals surface area contributed by atoms with E-state index in [1.807, 2.05) is 12.1 Å². The van der Waals surface area contributed by atoms with Crippen LogP contribution in [0.5, 0.6) is 0 Å². The van der Waals surface area contributed by atoms with Gasteiger partial charge in [0.1, 0.15) is 5.82 Å². The van der Waals surface area contributed by atoms with Gasteiger partial charge in [0.15, 0.2) is 5.54 Å². The van der Waals surface area contributed by atoms with Gasteiger partial charge in [0.25, 0.3) is 0 Å². The molecule has 0 aliphatic carbocycles. The van der Waals surface area contributed by atoms with E-state index in [4.69, 9.17) is 0 Å². The van der Waals surface area contributed by atoms with Crippen molar-refractivity contribution in [2.75, 3.05) is 0 Å². The van der Waals surface area contributed by atoms with Crippen LogP contribution < -0.4 is 4.57 Å². The summed E-state index contributed by atoms with van der Waals surface area (Å²) in [4.78, 5) is 0. The topological polar surface area (TPSA) is 3.88 Å². The predicted octanol–water partition coefficient (Wildman–Crippen LogP) is 5.78. The van der Waals surface area contributed by atoms with Crippen molar-refractivity contribution in [2.45, 2.75) is 39.2 Å². The Bertz CT molecular complexity index is 1010. The molecule has 0 saturated heterocycles. The zero-order chi connectivity index (χ0) is 17.8. The number of aromatic nitrogens is 1. The summed E-state index contributed by atoms with van der Waals surface area (Å²) in [7, 11) is 0. The highest BCUT2D eigenvalue weighted by molar-refractivity contribution is 5.86. The molecule has 0 amide bonds. The SMILES string of the molecule is C=C1c2ccc(C)cc2-c2ccc3cc(F)ccc3[n+]2C1(CC)CC. The maximum absolute atomic E-state index is 13.8. The Balaban J connectivity index is 2.20. The Labute approximate surface area is 148 Å². The van der Waals surface area contributed by atoms with Gasteiger partial charge in [0.05, 0.1) is 5.56 Å². The van der Waals surface area contributed by atoms with E-state index in [9.17, 15) is 4.39 Å². The van der Waals surface area contributed by atoms with E-state index in [1.54, 1.807) is 12.1 Å². The lowest BCUT2D eigenvalue weighted by molar-refractivity contribution is -0.718. The molecular formula is C23H23FN+. The van der Waals surface area contributed by atoms with E-state index in [0.29, 0.717) is 0 Å². The Hall–Kier alpha value is -2.48. The second-order valence-corrected chi connectivity index (χ2v) is 7.02. The van der Waals surface area contributed by atoms with Gasteiger partial charge >= 0.3 is 0 Å². The number of pyridine rings is 1. The quantitative estimate of drug-likeness (QED) is 0.523. The van der Waals surface area contributed by atoms with Crippen LogP contribution in [0.1, 0.15) is 37.8 Å². The third kappa shape index (κ3) is 2.10. The second-order valence-electron chi connectivity index (χ2n) is 7.02. The largest absolute Gasteiger partial charge is 0.214 e. The Morgan fingerprint density at radius 2 is 1.72 bits per heavy atom. The monoisotopic (exact) mass is 332 g/mol. The minimum Gasteiger partial charge on any atom is -0.207 e. The molecule has 2 aromatic carbocycles. The van der Waals surface area contributed by atoms with Crippen molar-refractivity contribution in [1.29, 1.82) is 0 Å². The summed E-state index contributed by atoms with van der Waals surface area (Å²) in [5.41, 5.74) is 6.91. The molecule has 0 fully saturated rings. The van der Waals surface area contributed by atoms with Crippen molar-refractivity contribution in [3.8, 4) is 11.3 Å². The van der Waals surface area contributed by atoms with Crippen LogP contribution in [0.3, 0.4) is 0 Å². The number of halogens is 1. The Morgan fingerprint density at radius 1 is 0.960 bits per heavy atom. The highest BCUT2D eigenvalue weighted by Gasteiger charge is 2.47. The summed E-state index contributed by atoms with van der Waals surface area (Å²) in [5, 5.41) is 0.930. The number of hydrogen-bond acceptors (Lipinski definition) is 0. The standard InChI is InChI=1S/C23H23FN/c1-5-23(6-2)16(4)19-10-7-15(3)13-20(19)22-11-8-17-14-18(24)9-12-21(17)25(22)23/h7-14H,4-6H2,1-3H3/q+1. The molecule has 3 aromatic rings. The van der Waals surface area contributed by atoms with Crippen molar-refractivity contribution < 1.29 is 8.96 Å². The van der Waals surface area contributed by atoms with Crippen molar-refractivity contribution in [2.24, 2.45) is 0 Å². The number of aryl methyl sites for hydroxylation is 1. The van der Waals surface area contributed by atoms with Gasteiger partial charge in [-0.3, -0.25) is 0 Å². The summed E-state index contributed by atoms with van der Waals surface area (Å²) in [6.45, 7) is 11.1. The molecule has 0 bridgehead atoms. The Morgan fingerprint density at radius 3 is 2.44 bits per heavy atom. The minimum atomic E-state index is -0.197. The first-order valence-electron chi connectivity index (χ1n) is 8.97. The second kappa shape index (κ2) is 5.52. The third-order valence-electron chi connectivity index (χ3n) is 5.83. The lowest BCUT2D eigenvalue weighted by Crippen LogP contribution is -2.59. The molecule has 0 spiro atoms. The molecule has 2 heterocycles. The summed E-state index contributed by atoms with van der Waals surface area (Å²) in [6, 6.07) is 15.8. The molecule has 2 heteroatoms. The van der Waals surface area contributed by atoms with Gasteiger partial charge < -0.3 is 0 Å². The summed E-state index contributed by atoms with van der Waals surface area (Å²) in [5.74, 6) is -0.197. The van der Waals surface area contributed by atoms with Crippen molar-refractivity contribution in [1.82, 2.24) is 0 Å². The minimum absolute atomic E-state index is 0.186. The first-order chi connectivity index (χ1) is 12.0. The highest BCUT2D eigenvalue weighted by Crippen LogP contribution is 2.44. The van der Waals surface area contributed by atoms with Crippen molar-refractivity contribution in [3.63, 3.8) is 0 Å². The van der Waals surface area contributed by atoms with E-state index >= 15 is 0 Å². The molecule has 0 N–H and O–H groups in total. The highest BCUT2D eigenvalue weighted by atomic mass is 19.1. The molecule has 0 radical (unpaired) electrons. The van der Waals surface area contributed by atoms with Crippen molar-refractivity contribution >= 4 is 16.5 Å².